The Morgan fingerprint density at radius 1 is 1.22 bits per heavy atom. The van der Waals surface area contributed by atoms with E-state index in [-0.39, 0.29) is 0 Å². The molecule has 0 aliphatic rings. The van der Waals surface area contributed by atoms with Gasteiger partial charge in [0.25, 0.3) is 0 Å². The highest BCUT2D eigenvalue weighted by atomic mass is 35.5. The molecule has 0 fully saturated rings. The van der Waals surface area contributed by atoms with Gasteiger partial charge in [-0.1, -0.05) is 25.4 Å². The molecule has 0 atom stereocenters. The minimum atomic E-state index is 0.566. The molecule has 0 bridgehead atoms. The van der Waals surface area contributed by atoms with Gasteiger partial charge in [0.05, 0.1) is 0 Å². The lowest BCUT2D eigenvalue weighted by molar-refractivity contribution is 0.724. The van der Waals surface area contributed by atoms with E-state index in [2.05, 4.69) is 41.7 Å². The van der Waals surface area contributed by atoms with Crippen LogP contribution in [-0.2, 0) is 0 Å². The molecule has 0 radical (unpaired) electrons. The summed E-state index contributed by atoms with van der Waals surface area (Å²) in [6, 6.07) is 2.05. The van der Waals surface area contributed by atoms with Gasteiger partial charge >= 0.3 is 0 Å². The van der Waals surface area contributed by atoms with Crippen molar-refractivity contribution >= 4 is 39.1 Å². The molecule has 2 aromatic rings. The summed E-state index contributed by atoms with van der Waals surface area (Å²) in [6.07, 6.45) is 2.17. The molecule has 0 amide bonds. The van der Waals surface area contributed by atoms with Gasteiger partial charge in [0.2, 0.25) is 5.95 Å². The number of hydrogen-bond donors (Lipinski definition) is 0. The minimum Gasteiger partial charge on any atom is -0.341 e. The summed E-state index contributed by atoms with van der Waals surface area (Å²) >= 11 is 7.92. The van der Waals surface area contributed by atoms with Crippen molar-refractivity contribution in [3.05, 3.63) is 16.1 Å². The molecule has 0 unspecified atom stereocenters. The zero-order valence-corrected chi connectivity index (χ0v) is 12.6. The largest absolute Gasteiger partial charge is 0.341 e. The average molecular weight is 284 g/mol. The van der Waals surface area contributed by atoms with Crippen LogP contribution >= 0.6 is 22.9 Å². The van der Waals surface area contributed by atoms with Gasteiger partial charge in [0, 0.05) is 23.4 Å². The molecule has 0 spiro atoms. The van der Waals surface area contributed by atoms with Crippen LogP contribution in [0.4, 0.5) is 5.95 Å². The number of rotatable bonds is 5. The summed E-state index contributed by atoms with van der Waals surface area (Å²) in [7, 11) is 0. The molecule has 0 aliphatic carbocycles. The molecular weight excluding hydrogens is 266 g/mol. The quantitative estimate of drug-likeness (QED) is 0.767. The van der Waals surface area contributed by atoms with Crippen molar-refractivity contribution in [2.45, 2.75) is 33.6 Å². The van der Waals surface area contributed by atoms with Crippen molar-refractivity contribution in [1.29, 1.82) is 0 Å². The molecule has 18 heavy (non-hydrogen) atoms. The van der Waals surface area contributed by atoms with Gasteiger partial charge in [-0.15, -0.1) is 11.3 Å². The molecule has 98 valence electrons. The molecule has 3 nitrogen and oxygen atoms in total. The van der Waals surface area contributed by atoms with Gasteiger partial charge < -0.3 is 4.90 Å². The fraction of sp³-hybridized carbons (Fsp3) is 0.538. The van der Waals surface area contributed by atoms with E-state index in [1.165, 1.54) is 4.88 Å². The van der Waals surface area contributed by atoms with Crippen LogP contribution in [0.15, 0.2) is 6.07 Å². The molecule has 2 rings (SSSR count). The summed E-state index contributed by atoms with van der Waals surface area (Å²) in [5, 5.41) is 1.53. The predicted molar refractivity (Wildman–Crippen MR) is 80.0 cm³/mol. The Hall–Kier alpha value is -0.870. The van der Waals surface area contributed by atoms with Crippen LogP contribution in [-0.4, -0.2) is 23.1 Å². The Morgan fingerprint density at radius 3 is 2.50 bits per heavy atom. The lowest BCUT2D eigenvalue weighted by Gasteiger charge is -2.21. The lowest BCUT2D eigenvalue weighted by Crippen LogP contribution is -2.26. The van der Waals surface area contributed by atoms with Gasteiger partial charge in [-0.2, -0.15) is 0 Å². The van der Waals surface area contributed by atoms with Crippen LogP contribution in [0, 0.1) is 6.92 Å². The Morgan fingerprint density at radius 2 is 1.89 bits per heavy atom. The third kappa shape index (κ3) is 2.75. The number of fused-ring (bicyclic) bond motifs is 1. The monoisotopic (exact) mass is 283 g/mol. The lowest BCUT2D eigenvalue weighted by atomic mass is 10.3. The average Bonchev–Trinajstić information content (AvgIpc) is 2.70. The van der Waals surface area contributed by atoms with Crippen LogP contribution < -0.4 is 4.90 Å². The Bertz CT molecular complexity index is 532. The number of halogens is 1. The fourth-order valence-corrected chi connectivity index (χ4v) is 3.14. The number of hydrogen-bond acceptors (Lipinski definition) is 4. The molecule has 2 heterocycles. The minimum absolute atomic E-state index is 0.566. The summed E-state index contributed by atoms with van der Waals surface area (Å²) < 4.78 is 0. The molecule has 0 N–H and O–H groups in total. The fourth-order valence-electron chi connectivity index (χ4n) is 1.99. The molecule has 5 heteroatoms. The topological polar surface area (TPSA) is 29.0 Å². The van der Waals surface area contributed by atoms with Crippen molar-refractivity contribution in [1.82, 2.24) is 9.97 Å². The SMILES string of the molecule is CCCN(CCC)c1nc(Cl)c2cc(C)sc2n1. The van der Waals surface area contributed by atoms with E-state index >= 15 is 0 Å². The van der Waals surface area contributed by atoms with E-state index in [0.717, 1.165) is 42.1 Å². The van der Waals surface area contributed by atoms with Crippen LogP contribution in [0.25, 0.3) is 10.2 Å². The molecule has 0 saturated heterocycles. The van der Waals surface area contributed by atoms with Gasteiger partial charge in [-0.3, -0.25) is 0 Å². The van der Waals surface area contributed by atoms with Crippen LogP contribution in [0.5, 0.6) is 0 Å². The van der Waals surface area contributed by atoms with Crippen molar-refractivity contribution < 1.29 is 0 Å². The number of anilines is 1. The van der Waals surface area contributed by atoms with Gasteiger partial charge in [-0.25, -0.2) is 9.97 Å². The van der Waals surface area contributed by atoms with Crippen molar-refractivity contribution in [2.24, 2.45) is 0 Å². The maximum atomic E-state index is 6.25. The zero-order valence-electron chi connectivity index (χ0n) is 11.0. The van der Waals surface area contributed by atoms with Crippen molar-refractivity contribution in [3.8, 4) is 0 Å². The maximum absolute atomic E-state index is 6.25. The van der Waals surface area contributed by atoms with E-state index in [1.54, 1.807) is 11.3 Å². The number of aromatic nitrogens is 2. The normalized spacial score (nSPS) is 11.1. The first-order valence-corrected chi connectivity index (χ1v) is 7.53. The highest BCUT2D eigenvalue weighted by Gasteiger charge is 2.13. The summed E-state index contributed by atoms with van der Waals surface area (Å²) in [5.41, 5.74) is 0. The second-order valence-corrected chi connectivity index (χ2v) is 5.97. The predicted octanol–water partition coefficient (Wildman–Crippen LogP) is 4.28. The van der Waals surface area contributed by atoms with E-state index in [0.29, 0.717) is 5.15 Å². The van der Waals surface area contributed by atoms with E-state index in [1.807, 2.05) is 0 Å². The Balaban J connectivity index is 2.42. The van der Waals surface area contributed by atoms with Gasteiger partial charge in [-0.05, 0) is 25.8 Å². The molecule has 0 saturated carbocycles. The first-order chi connectivity index (χ1) is 8.65. The van der Waals surface area contributed by atoms with Gasteiger partial charge in [0.1, 0.15) is 9.98 Å². The summed E-state index contributed by atoms with van der Waals surface area (Å²) in [4.78, 5) is 13.5. The molecule has 0 aromatic carbocycles. The van der Waals surface area contributed by atoms with Crippen molar-refractivity contribution in [2.75, 3.05) is 18.0 Å². The third-order valence-electron chi connectivity index (χ3n) is 2.73. The summed E-state index contributed by atoms with van der Waals surface area (Å²) in [5.74, 6) is 0.762. The van der Waals surface area contributed by atoms with E-state index in [4.69, 9.17) is 11.6 Å². The molecule has 2 aromatic heterocycles. The second-order valence-electron chi connectivity index (χ2n) is 4.38. The Labute approximate surface area is 117 Å². The van der Waals surface area contributed by atoms with E-state index in [9.17, 15) is 0 Å². The van der Waals surface area contributed by atoms with Crippen LogP contribution in [0.1, 0.15) is 31.6 Å². The Kier molecular flexibility index (Phi) is 4.40. The highest BCUT2D eigenvalue weighted by molar-refractivity contribution is 7.18. The summed E-state index contributed by atoms with van der Waals surface area (Å²) in [6.45, 7) is 8.34. The van der Waals surface area contributed by atoms with Crippen LogP contribution in [0.2, 0.25) is 5.15 Å². The first kappa shape index (κ1) is 13.6. The number of thiophene rings is 1. The van der Waals surface area contributed by atoms with E-state index < -0.39 is 0 Å². The third-order valence-corrected chi connectivity index (χ3v) is 3.96. The van der Waals surface area contributed by atoms with Gasteiger partial charge in [0.15, 0.2) is 0 Å². The second kappa shape index (κ2) is 5.85. The standard InChI is InChI=1S/C13H18ClN3S/c1-4-6-17(7-5-2)13-15-11(14)10-8-9(3)18-12(10)16-13/h8H,4-7H2,1-3H3. The molecule has 0 aliphatic heterocycles. The maximum Gasteiger partial charge on any atom is 0.228 e. The number of nitrogens with zero attached hydrogens (tertiary/aromatic N) is 3. The van der Waals surface area contributed by atoms with Crippen molar-refractivity contribution in [3.63, 3.8) is 0 Å². The molecular formula is C13H18ClN3S. The smallest absolute Gasteiger partial charge is 0.228 e. The zero-order chi connectivity index (χ0) is 13.1. The van der Waals surface area contributed by atoms with Crippen LogP contribution in [0.3, 0.4) is 0 Å². The highest BCUT2D eigenvalue weighted by Crippen LogP contribution is 2.30. The first-order valence-electron chi connectivity index (χ1n) is 6.34. The number of aryl methyl sites for hydroxylation is 1.